The van der Waals surface area contributed by atoms with Crippen LogP contribution in [0.4, 0.5) is 0 Å². The third-order valence-electron chi connectivity index (χ3n) is 3.27. The average Bonchev–Trinajstić information content (AvgIpc) is 2.64. The van der Waals surface area contributed by atoms with Crippen molar-refractivity contribution in [3.8, 4) is 11.5 Å². The van der Waals surface area contributed by atoms with E-state index >= 15 is 0 Å². The first-order valence-electron chi connectivity index (χ1n) is 7.68. The van der Waals surface area contributed by atoms with Crippen molar-refractivity contribution < 1.29 is 19.1 Å². The van der Waals surface area contributed by atoms with Crippen molar-refractivity contribution in [1.82, 2.24) is 10.9 Å². The summed E-state index contributed by atoms with van der Waals surface area (Å²) >= 11 is 0. The van der Waals surface area contributed by atoms with Gasteiger partial charge in [0.25, 0.3) is 11.8 Å². The topological polar surface area (TPSA) is 76.7 Å². The Balaban J connectivity index is 1.76. The van der Waals surface area contributed by atoms with Gasteiger partial charge in [-0.05, 0) is 31.2 Å². The molecule has 6 nitrogen and oxygen atoms in total. The van der Waals surface area contributed by atoms with Gasteiger partial charge in [-0.1, -0.05) is 35.9 Å². The van der Waals surface area contributed by atoms with Crippen LogP contribution in [0.3, 0.4) is 0 Å². The summed E-state index contributed by atoms with van der Waals surface area (Å²) in [7, 11) is 1.56. The lowest BCUT2D eigenvalue weighted by atomic mass is 10.2. The molecule has 2 rings (SSSR count). The molecule has 2 N–H and O–H groups in total. The molecule has 0 saturated carbocycles. The van der Waals surface area contributed by atoms with Crippen LogP contribution in [-0.2, 0) is 9.59 Å². The monoisotopic (exact) mass is 340 g/mol. The Labute approximate surface area is 146 Å². The molecule has 0 spiro atoms. The number of hydrazine groups is 1. The van der Waals surface area contributed by atoms with Gasteiger partial charge < -0.3 is 9.47 Å². The van der Waals surface area contributed by atoms with Crippen LogP contribution < -0.4 is 20.3 Å². The van der Waals surface area contributed by atoms with E-state index in [0.29, 0.717) is 11.5 Å². The number of carbonyl (C=O) groups excluding carboxylic acids is 2. The largest absolute Gasteiger partial charge is 0.496 e. The third kappa shape index (κ3) is 6.02. The highest BCUT2D eigenvalue weighted by molar-refractivity contribution is 5.93. The maximum atomic E-state index is 11.7. The quantitative estimate of drug-likeness (QED) is 0.625. The number of carbonyl (C=O) groups is 2. The number of hydrogen-bond donors (Lipinski definition) is 2. The fourth-order valence-electron chi connectivity index (χ4n) is 1.96. The molecule has 130 valence electrons. The van der Waals surface area contributed by atoms with Gasteiger partial charge in [0.1, 0.15) is 11.5 Å². The summed E-state index contributed by atoms with van der Waals surface area (Å²) in [6.45, 7) is 1.77. The van der Waals surface area contributed by atoms with Gasteiger partial charge in [-0.25, -0.2) is 0 Å². The van der Waals surface area contributed by atoms with E-state index in [2.05, 4.69) is 10.9 Å². The molecular weight excluding hydrogens is 320 g/mol. The lowest BCUT2D eigenvalue weighted by Crippen LogP contribution is -2.43. The Hall–Kier alpha value is -3.28. The molecular formula is C19H20N2O4. The molecule has 0 aliphatic carbocycles. The summed E-state index contributed by atoms with van der Waals surface area (Å²) in [5.74, 6) is 0.319. The molecule has 25 heavy (non-hydrogen) atoms. The minimum Gasteiger partial charge on any atom is -0.496 e. The van der Waals surface area contributed by atoms with Crippen LogP contribution in [0.15, 0.2) is 54.6 Å². The van der Waals surface area contributed by atoms with E-state index < -0.39 is 11.8 Å². The zero-order chi connectivity index (χ0) is 18.1. The van der Waals surface area contributed by atoms with E-state index in [1.807, 2.05) is 37.3 Å². The molecule has 0 unspecified atom stereocenters. The number of hydrogen-bond acceptors (Lipinski definition) is 4. The summed E-state index contributed by atoms with van der Waals surface area (Å²) in [5.41, 5.74) is 6.43. The van der Waals surface area contributed by atoms with Gasteiger partial charge in [0, 0.05) is 11.6 Å². The second-order valence-corrected chi connectivity index (χ2v) is 5.21. The summed E-state index contributed by atoms with van der Waals surface area (Å²) in [6, 6.07) is 14.6. The number of ether oxygens (including phenoxy) is 2. The van der Waals surface area contributed by atoms with Crippen LogP contribution in [0.2, 0.25) is 0 Å². The normalized spacial score (nSPS) is 10.3. The number of rotatable bonds is 6. The molecule has 0 atom stereocenters. The first-order chi connectivity index (χ1) is 12.1. The Morgan fingerprint density at radius 1 is 1.04 bits per heavy atom. The van der Waals surface area contributed by atoms with Crippen LogP contribution in [0, 0.1) is 6.92 Å². The van der Waals surface area contributed by atoms with Crippen molar-refractivity contribution >= 4 is 17.9 Å². The van der Waals surface area contributed by atoms with E-state index in [9.17, 15) is 9.59 Å². The van der Waals surface area contributed by atoms with Crippen molar-refractivity contribution in [1.29, 1.82) is 0 Å². The first kappa shape index (κ1) is 18.1. The molecule has 0 aliphatic rings. The SMILES string of the molecule is COc1ccccc1/C=C/C(=O)NNC(=O)COc1ccc(C)cc1. The van der Waals surface area contributed by atoms with Crippen LogP contribution in [0.5, 0.6) is 11.5 Å². The van der Waals surface area contributed by atoms with Gasteiger partial charge in [0.15, 0.2) is 6.61 Å². The predicted octanol–water partition coefficient (Wildman–Crippen LogP) is 2.24. The molecule has 0 radical (unpaired) electrons. The highest BCUT2D eigenvalue weighted by Crippen LogP contribution is 2.18. The van der Waals surface area contributed by atoms with E-state index in [4.69, 9.17) is 9.47 Å². The smallest absolute Gasteiger partial charge is 0.276 e. The zero-order valence-electron chi connectivity index (χ0n) is 14.1. The van der Waals surface area contributed by atoms with Crippen molar-refractivity contribution in [2.24, 2.45) is 0 Å². The summed E-state index contributed by atoms with van der Waals surface area (Å²) < 4.78 is 10.5. The number of aryl methyl sites for hydroxylation is 1. The minimum absolute atomic E-state index is 0.195. The summed E-state index contributed by atoms with van der Waals surface area (Å²) in [4.78, 5) is 23.4. The van der Waals surface area contributed by atoms with Crippen LogP contribution in [-0.4, -0.2) is 25.5 Å². The first-order valence-corrected chi connectivity index (χ1v) is 7.68. The third-order valence-corrected chi connectivity index (χ3v) is 3.27. The predicted molar refractivity (Wildman–Crippen MR) is 95.0 cm³/mol. The van der Waals surface area contributed by atoms with Gasteiger partial charge in [-0.2, -0.15) is 0 Å². The Morgan fingerprint density at radius 2 is 1.76 bits per heavy atom. The van der Waals surface area contributed by atoms with E-state index in [1.54, 1.807) is 31.4 Å². The molecule has 0 aromatic heterocycles. The molecule has 0 bridgehead atoms. The van der Waals surface area contributed by atoms with Crippen LogP contribution in [0.1, 0.15) is 11.1 Å². The zero-order valence-corrected chi connectivity index (χ0v) is 14.1. The van der Waals surface area contributed by atoms with Gasteiger partial charge in [0.2, 0.25) is 0 Å². The molecule has 0 saturated heterocycles. The standard InChI is InChI=1S/C19H20N2O4/c1-14-7-10-16(11-8-14)25-13-19(23)21-20-18(22)12-9-15-5-3-4-6-17(15)24-2/h3-12H,13H2,1-2H3,(H,20,22)(H,21,23)/b12-9+. The Bertz CT molecular complexity index is 754. The van der Waals surface area contributed by atoms with Crippen molar-refractivity contribution in [3.05, 3.63) is 65.7 Å². The fraction of sp³-hybridized carbons (Fsp3) is 0.158. The van der Waals surface area contributed by atoms with Crippen molar-refractivity contribution in [3.63, 3.8) is 0 Å². The summed E-state index contributed by atoms with van der Waals surface area (Å²) in [6.07, 6.45) is 2.90. The lowest BCUT2D eigenvalue weighted by Gasteiger charge is -2.08. The van der Waals surface area contributed by atoms with Crippen molar-refractivity contribution in [2.45, 2.75) is 6.92 Å². The van der Waals surface area contributed by atoms with Crippen molar-refractivity contribution in [2.75, 3.05) is 13.7 Å². The average molecular weight is 340 g/mol. The van der Waals surface area contributed by atoms with Gasteiger partial charge in [-0.15, -0.1) is 0 Å². The van der Waals surface area contributed by atoms with E-state index in [-0.39, 0.29) is 6.61 Å². The number of methoxy groups -OCH3 is 1. The van der Waals surface area contributed by atoms with Gasteiger partial charge in [-0.3, -0.25) is 20.4 Å². The summed E-state index contributed by atoms with van der Waals surface area (Å²) in [5, 5.41) is 0. The van der Waals surface area contributed by atoms with E-state index in [0.717, 1.165) is 11.1 Å². The molecule has 0 fully saturated rings. The van der Waals surface area contributed by atoms with Crippen LogP contribution >= 0.6 is 0 Å². The molecule has 0 heterocycles. The van der Waals surface area contributed by atoms with Gasteiger partial charge in [0.05, 0.1) is 7.11 Å². The van der Waals surface area contributed by atoms with Gasteiger partial charge >= 0.3 is 0 Å². The van der Waals surface area contributed by atoms with E-state index in [1.165, 1.54) is 6.08 Å². The molecule has 2 amide bonds. The highest BCUT2D eigenvalue weighted by Gasteiger charge is 2.04. The maximum Gasteiger partial charge on any atom is 0.276 e. The highest BCUT2D eigenvalue weighted by atomic mass is 16.5. The second-order valence-electron chi connectivity index (χ2n) is 5.21. The second kappa shape index (κ2) is 9.12. The molecule has 0 aliphatic heterocycles. The molecule has 2 aromatic rings. The lowest BCUT2D eigenvalue weighted by molar-refractivity contribution is -0.128. The maximum absolute atomic E-state index is 11.7. The number of benzene rings is 2. The minimum atomic E-state index is -0.463. The Kier molecular flexibility index (Phi) is 6.59. The number of para-hydroxylation sites is 1. The Morgan fingerprint density at radius 3 is 2.48 bits per heavy atom. The molecule has 2 aromatic carbocycles. The fourth-order valence-corrected chi connectivity index (χ4v) is 1.96. The molecule has 6 heteroatoms. The number of nitrogens with one attached hydrogen (secondary N) is 2. The number of amides is 2. The van der Waals surface area contributed by atoms with Crippen LogP contribution in [0.25, 0.3) is 6.08 Å².